The molecule has 0 aliphatic carbocycles. The number of carbonyl (C=O) groups excluding carboxylic acids is 1. The van der Waals surface area contributed by atoms with Crippen LogP contribution in [0, 0.1) is 17.1 Å². The lowest BCUT2D eigenvalue weighted by Crippen LogP contribution is -2.45. The Kier molecular flexibility index (Phi) is 6.51. The van der Waals surface area contributed by atoms with Crippen LogP contribution in [0.15, 0.2) is 42.5 Å². The number of hydrazine groups is 1. The molecular weight excluding hydrogens is 367 g/mol. The average molecular weight is 379 g/mol. The number of carbonyl (C=O) groups is 1. The second-order valence-corrected chi connectivity index (χ2v) is 5.50. The van der Waals surface area contributed by atoms with Gasteiger partial charge in [0.05, 0.1) is 16.7 Å². The summed E-state index contributed by atoms with van der Waals surface area (Å²) in [5.41, 5.74) is 5.79. The molecule has 128 valence electrons. The first kappa shape index (κ1) is 18.4. The number of nitrogens with one attached hydrogen (secondary N) is 3. The van der Waals surface area contributed by atoms with Crippen molar-refractivity contribution in [1.29, 1.82) is 5.26 Å². The molecule has 0 aliphatic rings. The Morgan fingerprint density at radius 3 is 2.60 bits per heavy atom. The van der Waals surface area contributed by atoms with Crippen molar-refractivity contribution in [3.63, 3.8) is 0 Å². The van der Waals surface area contributed by atoms with Gasteiger partial charge < -0.3 is 10.1 Å². The van der Waals surface area contributed by atoms with E-state index in [1.165, 1.54) is 18.2 Å². The van der Waals surface area contributed by atoms with Gasteiger partial charge in [-0.2, -0.15) is 5.26 Å². The number of anilines is 1. The van der Waals surface area contributed by atoms with Crippen molar-refractivity contribution in [3.05, 3.63) is 58.9 Å². The van der Waals surface area contributed by atoms with Gasteiger partial charge in [0.1, 0.15) is 11.6 Å². The van der Waals surface area contributed by atoms with E-state index in [0.717, 1.165) is 0 Å². The van der Waals surface area contributed by atoms with Crippen LogP contribution in [-0.4, -0.2) is 17.6 Å². The topological polar surface area (TPSA) is 86.2 Å². The average Bonchev–Trinajstić information content (AvgIpc) is 2.61. The number of nitrogens with zero attached hydrogens (tertiary/aromatic N) is 1. The normalized spacial score (nSPS) is 9.64. The molecule has 0 aromatic heterocycles. The molecule has 0 fully saturated rings. The lowest BCUT2D eigenvalue weighted by molar-refractivity contribution is -0.123. The zero-order chi connectivity index (χ0) is 18.2. The highest BCUT2D eigenvalue weighted by Gasteiger charge is 2.05. The second kappa shape index (κ2) is 8.82. The van der Waals surface area contributed by atoms with Crippen LogP contribution in [0.3, 0.4) is 0 Å². The van der Waals surface area contributed by atoms with Gasteiger partial charge in [-0.25, -0.2) is 4.39 Å². The second-order valence-electron chi connectivity index (χ2n) is 4.68. The Bertz CT molecular complexity index is 824. The molecule has 9 heteroatoms. The van der Waals surface area contributed by atoms with Gasteiger partial charge >= 0.3 is 0 Å². The van der Waals surface area contributed by atoms with Gasteiger partial charge in [0, 0.05) is 5.69 Å². The molecule has 0 radical (unpaired) electrons. The summed E-state index contributed by atoms with van der Waals surface area (Å²) in [5, 5.41) is 11.5. The van der Waals surface area contributed by atoms with Gasteiger partial charge in [-0.15, -0.1) is 0 Å². The SMILES string of the molecule is N#Cc1ccc(OCC(=O)NNC(=S)Nc2ccc(F)c(Cl)c2)cc1. The van der Waals surface area contributed by atoms with Crippen LogP contribution < -0.4 is 20.9 Å². The summed E-state index contributed by atoms with van der Waals surface area (Å²) in [7, 11) is 0. The number of hydrogen-bond acceptors (Lipinski definition) is 4. The van der Waals surface area contributed by atoms with E-state index in [9.17, 15) is 9.18 Å². The van der Waals surface area contributed by atoms with Crippen LogP contribution in [0.1, 0.15) is 5.56 Å². The molecule has 6 nitrogen and oxygen atoms in total. The number of rotatable bonds is 4. The van der Waals surface area contributed by atoms with Crippen LogP contribution >= 0.6 is 23.8 Å². The number of hydrogen-bond donors (Lipinski definition) is 3. The Balaban J connectivity index is 1.74. The molecule has 0 spiro atoms. The van der Waals surface area contributed by atoms with Crippen molar-refractivity contribution >= 4 is 40.5 Å². The summed E-state index contributed by atoms with van der Waals surface area (Å²) in [6.07, 6.45) is 0. The zero-order valence-electron chi connectivity index (χ0n) is 12.7. The molecule has 0 heterocycles. The summed E-state index contributed by atoms with van der Waals surface area (Å²) in [6, 6.07) is 12.3. The van der Waals surface area contributed by atoms with Crippen LogP contribution in [0.25, 0.3) is 0 Å². The van der Waals surface area contributed by atoms with E-state index in [4.69, 9.17) is 33.8 Å². The molecule has 0 atom stereocenters. The summed E-state index contributed by atoms with van der Waals surface area (Å²) < 4.78 is 18.3. The summed E-state index contributed by atoms with van der Waals surface area (Å²) in [6.45, 7) is -0.246. The van der Waals surface area contributed by atoms with E-state index in [-0.39, 0.29) is 16.7 Å². The number of amides is 1. The van der Waals surface area contributed by atoms with E-state index in [2.05, 4.69) is 16.2 Å². The smallest absolute Gasteiger partial charge is 0.276 e. The Labute approximate surface area is 153 Å². The first-order chi connectivity index (χ1) is 12.0. The number of thiocarbonyl (C=S) groups is 1. The number of benzene rings is 2. The molecule has 1 amide bonds. The van der Waals surface area contributed by atoms with Gasteiger partial charge in [-0.3, -0.25) is 15.6 Å². The monoisotopic (exact) mass is 378 g/mol. The molecule has 2 aromatic rings. The summed E-state index contributed by atoms with van der Waals surface area (Å²) in [5.74, 6) is -0.555. The lowest BCUT2D eigenvalue weighted by Gasteiger charge is -2.12. The molecule has 2 aromatic carbocycles. The highest BCUT2D eigenvalue weighted by atomic mass is 35.5. The maximum atomic E-state index is 13.1. The largest absolute Gasteiger partial charge is 0.484 e. The van der Waals surface area contributed by atoms with E-state index >= 15 is 0 Å². The van der Waals surface area contributed by atoms with Crippen molar-refractivity contribution in [2.75, 3.05) is 11.9 Å². The van der Waals surface area contributed by atoms with Crippen LogP contribution in [-0.2, 0) is 4.79 Å². The van der Waals surface area contributed by atoms with Gasteiger partial charge in [0.25, 0.3) is 5.91 Å². The molecule has 0 saturated carbocycles. The fourth-order valence-corrected chi connectivity index (χ4v) is 2.02. The molecule has 0 unspecified atom stereocenters. The van der Waals surface area contributed by atoms with Gasteiger partial charge in [-0.05, 0) is 54.7 Å². The fraction of sp³-hybridized carbons (Fsp3) is 0.0625. The minimum atomic E-state index is -0.542. The maximum Gasteiger partial charge on any atom is 0.276 e. The van der Waals surface area contributed by atoms with Gasteiger partial charge in [0.2, 0.25) is 0 Å². The van der Waals surface area contributed by atoms with E-state index in [1.54, 1.807) is 24.3 Å². The van der Waals surface area contributed by atoms with Crippen molar-refractivity contribution < 1.29 is 13.9 Å². The molecule has 0 aliphatic heterocycles. The Morgan fingerprint density at radius 2 is 1.96 bits per heavy atom. The molecule has 25 heavy (non-hydrogen) atoms. The summed E-state index contributed by atoms with van der Waals surface area (Å²) in [4.78, 5) is 11.7. The minimum Gasteiger partial charge on any atom is -0.484 e. The molecule has 3 N–H and O–H groups in total. The highest BCUT2D eigenvalue weighted by Crippen LogP contribution is 2.19. The predicted octanol–water partition coefficient (Wildman–Crippen LogP) is 2.75. The highest BCUT2D eigenvalue weighted by molar-refractivity contribution is 7.80. The number of ether oxygens (including phenoxy) is 1. The van der Waals surface area contributed by atoms with Crippen molar-refractivity contribution in [1.82, 2.24) is 10.9 Å². The molecule has 2 rings (SSSR count). The Hall–Kier alpha value is -2.89. The predicted molar refractivity (Wildman–Crippen MR) is 95.6 cm³/mol. The fourth-order valence-electron chi connectivity index (χ4n) is 1.67. The first-order valence-electron chi connectivity index (χ1n) is 6.92. The number of nitriles is 1. The van der Waals surface area contributed by atoms with Crippen LogP contribution in [0.4, 0.5) is 10.1 Å². The van der Waals surface area contributed by atoms with Crippen molar-refractivity contribution in [2.45, 2.75) is 0 Å². The van der Waals surface area contributed by atoms with Crippen LogP contribution in [0.2, 0.25) is 5.02 Å². The third kappa shape index (κ3) is 5.91. The molecule has 0 bridgehead atoms. The van der Waals surface area contributed by atoms with Crippen LogP contribution in [0.5, 0.6) is 5.75 Å². The van der Waals surface area contributed by atoms with E-state index in [0.29, 0.717) is 17.0 Å². The maximum absolute atomic E-state index is 13.1. The minimum absolute atomic E-state index is 0.0485. The third-order valence-electron chi connectivity index (χ3n) is 2.85. The molecular formula is C16H12ClFN4O2S. The van der Waals surface area contributed by atoms with Crippen molar-refractivity contribution in [2.24, 2.45) is 0 Å². The van der Waals surface area contributed by atoms with E-state index < -0.39 is 11.7 Å². The summed E-state index contributed by atoms with van der Waals surface area (Å²) >= 11 is 10.7. The zero-order valence-corrected chi connectivity index (χ0v) is 14.2. The van der Waals surface area contributed by atoms with Gasteiger partial charge in [0.15, 0.2) is 11.7 Å². The molecule has 0 saturated heterocycles. The standard InChI is InChI=1S/C16H12ClFN4O2S/c17-13-7-11(3-6-14(13)18)20-16(25)22-21-15(23)9-24-12-4-1-10(8-19)2-5-12/h1-7H,9H2,(H,21,23)(H2,20,22,25). The number of halogens is 2. The Morgan fingerprint density at radius 1 is 1.24 bits per heavy atom. The third-order valence-corrected chi connectivity index (χ3v) is 3.34. The van der Waals surface area contributed by atoms with Crippen molar-refractivity contribution in [3.8, 4) is 11.8 Å². The first-order valence-corrected chi connectivity index (χ1v) is 7.70. The lowest BCUT2D eigenvalue weighted by atomic mass is 10.2. The van der Waals surface area contributed by atoms with Gasteiger partial charge in [-0.1, -0.05) is 11.6 Å². The quantitative estimate of drug-likeness (QED) is 0.560. The van der Waals surface area contributed by atoms with E-state index in [1.807, 2.05) is 6.07 Å².